The van der Waals surface area contributed by atoms with E-state index >= 15 is 0 Å². The van der Waals surface area contributed by atoms with Gasteiger partial charge in [-0.05, 0) is 12.8 Å². The second kappa shape index (κ2) is 61.9. The van der Waals surface area contributed by atoms with Crippen LogP contribution in [0.4, 0.5) is 0 Å². The maximum Gasteiger partial charge on any atom is 0.220 e. The lowest BCUT2D eigenvalue weighted by Gasteiger charge is -2.48. The molecule has 99 heavy (non-hydrogen) atoms. The highest BCUT2D eigenvalue weighted by molar-refractivity contribution is 5.76. The number of rotatable bonds is 68. The quantitative estimate of drug-likeness (QED) is 0.0252. The van der Waals surface area contributed by atoms with Gasteiger partial charge < -0.3 is 89.9 Å². The monoisotopic (exact) mass is 1420 g/mol. The SMILES string of the molecule is CCCCCCCCCCCCCCCCCCCCCCCCCCCCCCCC(=O)NC(COC1OC(CO)C(OC2OC(CO)C(OC3OC(CO)C(O)C(O)C3O)C(O)C2O)C(O)C1O)C(O)CCCCCCCCCCCCCCCCCCCCCCCCCCC. The fourth-order valence-corrected chi connectivity index (χ4v) is 14.7. The van der Waals surface area contributed by atoms with Crippen LogP contribution in [-0.4, -0.2) is 193 Å². The maximum absolute atomic E-state index is 13.5. The summed E-state index contributed by atoms with van der Waals surface area (Å²) in [5.41, 5.74) is 0. The minimum atomic E-state index is -1.97. The molecule has 3 aliphatic heterocycles. The third-order valence-electron chi connectivity index (χ3n) is 21.4. The maximum atomic E-state index is 13.5. The van der Waals surface area contributed by atoms with E-state index in [2.05, 4.69) is 19.2 Å². The van der Waals surface area contributed by atoms with Crippen molar-refractivity contribution in [1.29, 1.82) is 0 Å². The fourth-order valence-electron chi connectivity index (χ4n) is 14.7. The van der Waals surface area contributed by atoms with Crippen molar-refractivity contribution in [1.82, 2.24) is 5.32 Å². The van der Waals surface area contributed by atoms with Crippen molar-refractivity contribution in [2.24, 2.45) is 0 Å². The summed E-state index contributed by atoms with van der Waals surface area (Å²) in [6, 6.07) is -0.883. The first-order valence-electron chi connectivity index (χ1n) is 41.8. The van der Waals surface area contributed by atoms with Crippen molar-refractivity contribution in [2.75, 3.05) is 26.4 Å². The van der Waals surface area contributed by atoms with Gasteiger partial charge in [0, 0.05) is 6.42 Å². The van der Waals surface area contributed by atoms with Crippen LogP contribution in [0.5, 0.6) is 0 Å². The van der Waals surface area contributed by atoms with Crippen molar-refractivity contribution < 1.29 is 89.4 Å². The molecule has 3 heterocycles. The molecule has 19 nitrogen and oxygen atoms in total. The molecule has 17 unspecified atom stereocenters. The minimum Gasteiger partial charge on any atom is -0.394 e. The summed E-state index contributed by atoms with van der Waals surface area (Å²) in [6.45, 7) is 1.88. The van der Waals surface area contributed by atoms with Crippen molar-refractivity contribution in [3.05, 3.63) is 0 Å². The van der Waals surface area contributed by atoms with Crippen LogP contribution in [-0.2, 0) is 33.2 Å². The van der Waals surface area contributed by atoms with Crippen LogP contribution in [0.1, 0.15) is 373 Å². The van der Waals surface area contributed by atoms with Gasteiger partial charge in [-0.15, -0.1) is 0 Å². The predicted molar refractivity (Wildman–Crippen MR) is 393 cm³/mol. The average molecular weight is 1420 g/mol. The van der Waals surface area contributed by atoms with E-state index in [1.54, 1.807) is 0 Å². The van der Waals surface area contributed by atoms with Crippen LogP contribution >= 0.6 is 0 Å². The Kier molecular flexibility index (Phi) is 57.5. The molecule has 0 bridgehead atoms. The van der Waals surface area contributed by atoms with Gasteiger partial charge in [-0.3, -0.25) is 4.79 Å². The molecule has 0 saturated carbocycles. The Balaban J connectivity index is 1.35. The van der Waals surface area contributed by atoms with Gasteiger partial charge in [0.1, 0.15) is 73.2 Å². The normalized spacial score (nSPS) is 26.5. The third kappa shape index (κ3) is 42.1. The lowest BCUT2D eigenvalue weighted by Crippen LogP contribution is -2.66. The summed E-state index contributed by atoms with van der Waals surface area (Å²) in [6.07, 6.45) is 44.8. The highest BCUT2D eigenvalue weighted by Crippen LogP contribution is 2.34. The first-order valence-corrected chi connectivity index (χ1v) is 41.8. The van der Waals surface area contributed by atoms with Crippen LogP contribution in [0.15, 0.2) is 0 Å². The van der Waals surface area contributed by atoms with Crippen molar-refractivity contribution in [3.63, 3.8) is 0 Å². The van der Waals surface area contributed by atoms with Gasteiger partial charge in [-0.25, -0.2) is 0 Å². The molecule has 0 aromatic heterocycles. The summed E-state index contributed by atoms with van der Waals surface area (Å²) in [4.78, 5) is 13.5. The number of carbonyl (C=O) groups is 1. The lowest BCUT2D eigenvalue weighted by atomic mass is 9.96. The lowest BCUT2D eigenvalue weighted by molar-refractivity contribution is -0.379. The number of hydrogen-bond donors (Lipinski definition) is 12. The van der Waals surface area contributed by atoms with Crippen molar-refractivity contribution >= 4 is 5.91 Å². The molecule has 3 aliphatic rings. The molecule has 12 N–H and O–H groups in total. The summed E-state index contributed by atoms with van der Waals surface area (Å²) in [5.74, 6) is -0.232. The molecule has 0 radical (unpaired) electrons. The molecule has 3 fully saturated rings. The van der Waals surface area contributed by atoms with Crippen LogP contribution in [0, 0.1) is 0 Å². The van der Waals surface area contributed by atoms with Crippen molar-refractivity contribution in [2.45, 2.75) is 478 Å². The number of ether oxygens (including phenoxy) is 6. The Hall–Kier alpha value is -1.21. The topological polar surface area (TPSA) is 307 Å². The summed E-state index contributed by atoms with van der Waals surface area (Å²) in [5, 5.41) is 121. The van der Waals surface area contributed by atoms with Gasteiger partial charge in [-0.2, -0.15) is 0 Å². The molecule has 0 spiro atoms. The Morgan fingerprint density at radius 2 is 0.576 bits per heavy atom. The Morgan fingerprint density at radius 1 is 0.323 bits per heavy atom. The second-order valence-corrected chi connectivity index (χ2v) is 30.3. The molecule has 1 amide bonds. The summed E-state index contributed by atoms with van der Waals surface area (Å²) < 4.78 is 34.6. The van der Waals surface area contributed by atoms with Crippen LogP contribution in [0.2, 0.25) is 0 Å². The largest absolute Gasteiger partial charge is 0.394 e. The Labute approximate surface area is 602 Å². The van der Waals surface area contributed by atoms with Gasteiger partial charge in [0.15, 0.2) is 18.9 Å². The number of carbonyl (C=O) groups excluding carboxylic acids is 1. The van der Waals surface area contributed by atoms with Gasteiger partial charge in [0.05, 0.1) is 38.6 Å². The molecule has 0 aliphatic carbocycles. The van der Waals surface area contributed by atoms with E-state index in [-0.39, 0.29) is 18.9 Å². The average Bonchev–Trinajstić information content (AvgIpc) is 0.785. The third-order valence-corrected chi connectivity index (χ3v) is 21.4. The smallest absolute Gasteiger partial charge is 0.220 e. The molecule has 3 rings (SSSR count). The van der Waals surface area contributed by atoms with E-state index in [9.17, 15) is 61.0 Å². The first-order chi connectivity index (χ1) is 48.3. The molecule has 19 heteroatoms. The Bertz CT molecular complexity index is 1790. The van der Waals surface area contributed by atoms with Crippen LogP contribution < -0.4 is 5.32 Å². The van der Waals surface area contributed by atoms with E-state index < -0.39 is 124 Å². The molecule has 0 aromatic carbocycles. The predicted octanol–water partition coefficient (Wildman–Crippen LogP) is 14.2. The number of aliphatic hydroxyl groups is 11. The molecule has 0 aromatic rings. The molecular weight excluding hydrogens is 1260 g/mol. The number of hydrogen-bond acceptors (Lipinski definition) is 18. The van der Waals surface area contributed by atoms with E-state index in [0.29, 0.717) is 12.8 Å². The zero-order valence-corrected chi connectivity index (χ0v) is 63.0. The van der Waals surface area contributed by atoms with Crippen LogP contribution in [0.25, 0.3) is 0 Å². The number of nitrogens with one attached hydrogen (secondary N) is 1. The van der Waals surface area contributed by atoms with Gasteiger partial charge in [-0.1, -0.05) is 354 Å². The zero-order valence-electron chi connectivity index (χ0n) is 63.0. The van der Waals surface area contributed by atoms with Gasteiger partial charge >= 0.3 is 0 Å². The molecule has 3 saturated heterocycles. The molecular formula is C80H155NO18. The minimum absolute atomic E-state index is 0.232. The van der Waals surface area contributed by atoms with E-state index in [0.717, 1.165) is 44.9 Å². The molecule has 17 atom stereocenters. The van der Waals surface area contributed by atoms with Gasteiger partial charge in [0.25, 0.3) is 0 Å². The van der Waals surface area contributed by atoms with E-state index in [4.69, 9.17) is 28.4 Å². The highest BCUT2D eigenvalue weighted by atomic mass is 16.8. The number of unbranched alkanes of at least 4 members (excludes halogenated alkanes) is 52. The van der Waals surface area contributed by atoms with Gasteiger partial charge in [0.2, 0.25) is 5.91 Å². The number of amides is 1. The van der Waals surface area contributed by atoms with E-state index in [1.165, 1.54) is 295 Å². The second-order valence-electron chi connectivity index (χ2n) is 30.3. The van der Waals surface area contributed by atoms with Crippen molar-refractivity contribution in [3.8, 4) is 0 Å². The standard InChI is InChI=1S/C80H155NO18/c1-3-5-7-9-11-13-15-17-19-21-23-25-27-29-30-31-32-34-36-38-40-42-44-46-48-50-52-54-56-58-68(86)81-63(64(85)57-55-53-51-49-47-45-43-41-39-37-35-33-28-26-24-22-20-18-16-14-12-10-8-6-4-2)62-94-78-74(92)71(89)76(66(60-83)96-78)99-80-75(93)72(90)77(67(61-84)97-80)98-79-73(91)70(88)69(87)65(59-82)95-79/h63-67,69-80,82-85,87-93H,3-62H2,1-2H3,(H,81,86). The summed E-state index contributed by atoms with van der Waals surface area (Å²) in [7, 11) is 0. The highest BCUT2D eigenvalue weighted by Gasteiger charge is 2.54. The first kappa shape index (κ1) is 92.0. The van der Waals surface area contributed by atoms with Crippen LogP contribution in [0.3, 0.4) is 0 Å². The zero-order chi connectivity index (χ0) is 71.8. The molecule has 588 valence electrons. The number of aliphatic hydroxyl groups excluding tert-OH is 11. The Morgan fingerprint density at radius 3 is 0.879 bits per heavy atom. The van der Waals surface area contributed by atoms with E-state index in [1.807, 2.05) is 0 Å². The fraction of sp³-hybridized carbons (Fsp3) is 0.988. The summed E-state index contributed by atoms with van der Waals surface area (Å²) >= 11 is 0.